The van der Waals surface area contributed by atoms with Crippen LogP contribution in [0.4, 0.5) is 0 Å². The Balaban J connectivity index is 0.000000769. The number of carbonyl (C=O) groups excluding carboxylic acids is 2. The summed E-state index contributed by atoms with van der Waals surface area (Å²) in [5.41, 5.74) is 1.97. The molecule has 0 fully saturated rings. The molecule has 1 heterocycles. The summed E-state index contributed by atoms with van der Waals surface area (Å²) in [6.07, 6.45) is 4.41. The Morgan fingerprint density at radius 3 is 2.41 bits per heavy atom. The number of rotatable bonds is 8. The summed E-state index contributed by atoms with van der Waals surface area (Å²) in [5, 5.41) is 4.78. The van der Waals surface area contributed by atoms with E-state index in [1.807, 2.05) is 19.1 Å². The van der Waals surface area contributed by atoms with Crippen LogP contribution in [-0.4, -0.2) is 54.5 Å². The molecule has 0 saturated carbocycles. The van der Waals surface area contributed by atoms with Crippen LogP contribution in [0.2, 0.25) is 0 Å². The molecular weight excluding hydrogens is 404 g/mol. The number of fused-ring (bicyclic) bond motifs is 1. The third-order valence-electron chi connectivity index (χ3n) is 4.21. The predicted octanol–water partition coefficient (Wildman–Crippen LogP) is 4.39. The van der Waals surface area contributed by atoms with Crippen molar-refractivity contribution in [1.29, 1.82) is 0 Å². The van der Waals surface area contributed by atoms with Gasteiger partial charge in [-0.1, -0.05) is 63.6 Å². The molecule has 174 valence electrons. The lowest BCUT2D eigenvalue weighted by molar-refractivity contribution is -0.132. The van der Waals surface area contributed by atoms with E-state index in [1.54, 1.807) is 25.3 Å². The summed E-state index contributed by atoms with van der Waals surface area (Å²) in [6.45, 7) is 7.27. The lowest BCUT2D eigenvalue weighted by atomic mass is 10.1. The number of benzene rings is 2. The number of H-pyrrole nitrogens is 1. The van der Waals surface area contributed by atoms with E-state index < -0.39 is 0 Å². The average molecular weight is 441 g/mol. The molecule has 0 aliphatic rings. The fourth-order valence-corrected chi connectivity index (χ4v) is 2.93. The lowest BCUT2D eigenvalue weighted by Gasteiger charge is -2.20. The molecule has 7 nitrogen and oxygen atoms in total. The molecule has 32 heavy (non-hydrogen) atoms. The molecule has 1 aromatic heterocycles. The second kappa shape index (κ2) is 15.6. The van der Waals surface area contributed by atoms with Crippen molar-refractivity contribution in [3.05, 3.63) is 54.5 Å². The maximum atomic E-state index is 12.2. The number of hydrogen-bond acceptors (Lipinski definition) is 4. The number of hydrogen-bond donors (Lipinski definition) is 2. The Bertz CT molecular complexity index is 938. The normalized spacial score (nSPS) is 9.78. The van der Waals surface area contributed by atoms with Crippen LogP contribution < -0.4 is 5.32 Å². The predicted molar refractivity (Wildman–Crippen MR) is 130 cm³/mol. The Morgan fingerprint density at radius 1 is 1.12 bits per heavy atom. The molecule has 0 aliphatic heterocycles. The first-order valence-corrected chi connectivity index (χ1v) is 10.9. The molecule has 3 aromatic rings. The van der Waals surface area contributed by atoms with Gasteiger partial charge >= 0.3 is 0 Å². The van der Waals surface area contributed by atoms with E-state index in [4.69, 9.17) is 0 Å². The highest BCUT2D eigenvalue weighted by Crippen LogP contribution is 2.23. The Labute approximate surface area is 191 Å². The fourth-order valence-electron chi connectivity index (χ4n) is 2.93. The van der Waals surface area contributed by atoms with Gasteiger partial charge in [-0.2, -0.15) is 0 Å². The number of amides is 2. The largest absolute Gasteiger partial charge is 0.388 e. The van der Waals surface area contributed by atoms with E-state index >= 15 is 0 Å². The van der Waals surface area contributed by atoms with Crippen molar-refractivity contribution in [2.24, 2.45) is 0 Å². The van der Waals surface area contributed by atoms with Gasteiger partial charge < -0.3 is 19.9 Å². The number of aromatic nitrogens is 2. The van der Waals surface area contributed by atoms with Crippen LogP contribution in [0.1, 0.15) is 39.4 Å². The first kappa shape index (κ1) is 26.8. The van der Waals surface area contributed by atoms with Gasteiger partial charge in [0.1, 0.15) is 5.82 Å². The van der Waals surface area contributed by atoms with Crippen molar-refractivity contribution in [1.82, 2.24) is 20.2 Å². The highest BCUT2D eigenvalue weighted by molar-refractivity contribution is 5.86. The van der Waals surface area contributed by atoms with Crippen LogP contribution in [0.3, 0.4) is 0 Å². The number of nitrogens with zero attached hydrogens (tertiary/aromatic N) is 2. The zero-order chi connectivity index (χ0) is 23.8. The highest BCUT2D eigenvalue weighted by Gasteiger charge is 2.15. The molecule has 7 heteroatoms. The molecule has 3 rings (SSSR count). The van der Waals surface area contributed by atoms with Crippen LogP contribution in [0.5, 0.6) is 0 Å². The summed E-state index contributed by atoms with van der Waals surface area (Å²) in [6, 6.07) is 14.5. The standard InChI is InChI=1S/C20H22N4O2.C3H8.C2H6O/c1-2-9-24(20(26)12-21-14-25)13-19-22-11-18(23-19)17-8-7-15-5-3-4-6-16(15)10-17;2*1-3-2/h3-8,10-11,14H,2,9,12-13H2,1H3,(H,21,25)(H,22,23);3H2,1-2H3;1-2H3. The molecule has 2 amide bonds. The number of methoxy groups -OCH3 is 1. The minimum absolute atomic E-state index is 0.00173. The monoisotopic (exact) mass is 440 g/mol. The van der Waals surface area contributed by atoms with Gasteiger partial charge in [0.05, 0.1) is 25.0 Å². The average Bonchev–Trinajstić information content (AvgIpc) is 3.26. The van der Waals surface area contributed by atoms with E-state index in [9.17, 15) is 9.59 Å². The van der Waals surface area contributed by atoms with Gasteiger partial charge in [0.15, 0.2) is 0 Å². The van der Waals surface area contributed by atoms with Crippen LogP contribution >= 0.6 is 0 Å². The molecule has 0 saturated heterocycles. The number of imidazole rings is 1. The molecule has 0 aliphatic carbocycles. The van der Waals surface area contributed by atoms with Gasteiger partial charge in [-0.15, -0.1) is 0 Å². The van der Waals surface area contributed by atoms with Crippen molar-refractivity contribution in [3.63, 3.8) is 0 Å². The minimum atomic E-state index is -0.123. The Morgan fingerprint density at radius 2 is 1.78 bits per heavy atom. The van der Waals surface area contributed by atoms with Crippen molar-refractivity contribution >= 4 is 23.1 Å². The molecule has 2 aromatic carbocycles. The molecule has 0 radical (unpaired) electrons. The van der Waals surface area contributed by atoms with E-state index in [1.165, 1.54) is 17.2 Å². The van der Waals surface area contributed by atoms with Gasteiger partial charge in [-0.25, -0.2) is 4.98 Å². The molecule has 0 atom stereocenters. The molecular formula is C25H36N4O3. The third kappa shape index (κ3) is 8.89. The van der Waals surface area contributed by atoms with Gasteiger partial charge in [-0.05, 0) is 23.3 Å². The van der Waals surface area contributed by atoms with Gasteiger partial charge in [-0.3, -0.25) is 9.59 Å². The highest BCUT2D eigenvalue weighted by atomic mass is 16.4. The first-order chi connectivity index (χ1) is 15.5. The van der Waals surface area contributed by atoms with Crippen LogP contribution in [0.25, 0.3) is 22.0 Å². The zero-order valence-electron chi connectivity index (χ0n) is 19.9. The summed E-state index contributed by atoms with van der Waals surface area (Å²) < 4.78 is 4.25. The summed E-state index contributed by atoms with van der Waals surface area (Å²) in [4.78, 5) is 32.0. The van der Waals surface area contributed by atoms with Crippen LogP contribution in [0, 0.1) is 0 Å². The number of ether oxygens (including phenoxy) is 1. The topological polar surface area (TPSA) is 87.3 Å². The third-order valence-corrected chi connectivity index (χ3v) is 4.21. The summed E-state index contributed by atoms with van der Waals surface area (Å²) in [5.74, 6) is 0.601. The van der Waals surface area contributed by atoms with E-state index in [-0.39, 0.29) is 12.5 Å². The molecule has 0 bridgehead atoms. The fraction of sp³-hybridized carbons (Fsp3) is 0.400. The summed E-state index contributed by atoms with van der Waals surface area (Å²) in [7, 11) is 3.25. The van der Waals surface area contributed by atoms with Crippen LogP contribution in [0.15, 0.2) is 48.7 Å². The zero-order valence-corrected chi connectivity index (χ0v) is 19.9. The van der Waals surface area contributed by atoms with Crippen molar-refractivity contribution in [3.8, 4) is 11.3 Å². The van der Waals surface area contributed by atoms with Crippen molar-refractivity contribution in [2.45, 2.75) is 40.2 Å². The second-order valence-corrected chi connectivity index (χ2v) is 7.23. The molecule has 0 unspecified atom stereocenters. The SMILES string of the molecule is CCC.CCCN(Cc1ncc(-c2ccc3ccccc3c2)[nH]1)C(=O)CNC=O.COC. The van der Waals surface area contributed by atoms with E-state index in [2.05, 4.69) is 64.2 Å². The van der Waals surface area contributed by atoms with E-state index in [0.29, 0.717) is 19.5 Å². The lowest BCUT2D eigenvalue weighted by Crippen LogP contribution is -2.38. The number of aromatic amines is 1. The smallest absolute Gasteiger partial charge is 0.242 e. The second-order valence-electron chi connectivity index (χ2n) is 7.23. The van der Waals surface area contributed by atoms with Crippen molar-refractivity contribution < 1.29 is 14.3 Å². The maximum absolute atomic E-state index is 12.2. The maximum Gasteiger partial charge on any atom is 0.242 e. The number of nitrogens with one attached hydrogen (secondary N) is 2. The molecule has 0 spiro atoms. The number of carbonyl (C=O) groups is 2. The first-order valence-electron chi connectivity index (χ1n) is 10.9. The van der Waals surface area contributed by atoms with Crippen LogP contribution in [-0.2, 0) is 20.9 Å². The van der Waals surface area contributed by atoms with Gasteiger partial charge in [0.2, 0.25) is 12.3 Å². The Kier molecular flexibility index (Phi) is 13.1. The van der Waals surface area contributed by atoms with Gasteiger partial charge in [0, 0.05) is 26.3 Å². The van der Waals surface area contributed by atoms with E-state index in [0.717, 1.165) is 23.5 Å². The van der Waals surface area contributed by atoms with Gasteiger partial charge in [0.25, 0.3) is 0 Å². The summed E-state index contributed by atoms with van der Waals surface area (Å²) >= 11 is 0. The Hall–Kier alpha value is -3.19. The minimum Gasteiger partial charge on any atom is -0.388 e. The van der Waals surface area contributed by atoms with Crippen molar-refractivity contribution in [2.75, 3.05) is 27.3 Å². The quantitative estimate of drug-likeness (QED) is 0.509. The molecule has 2 N–H and O–H groups in total.